The maximum atomic E-state index is 11.9. The smallest absolute Gasteiger partial charge is 0.244 e. The third kappa shape index (κ3) is 4.06. The number of nitrogens with zero attached hydrogens (tertiary/aromatic N) is 1. The van der Waals surface area contributed by atoms with Crippen LogP contribution in [0.3, 0.4) is 0 Å². The molecule has 0 amide bonds. The molecule has 6 nitrogen and oxygen atoms in total. The topological polar surface area (TPSA) is 88.2 Å². The van der Waals surface area contributed by atoms with Gasteiger partial charge in [-0.2, -0.15) is 0 Å². The van der Waals surface area contributed by atoms with Gasteiger partial charge in [0, 0.05) is 42.6 Å². The molecule has 1 atom stereocenters. The maximum Gasteiger partial charge on any atom is 0.244 e. The number of anilines is 1. The molecule has 96 valence electrons. The standard InChI is InChI=1S/C9H15N3O3S2/c1-10-9-8(4-3-5-11-9)17(14,15)12-6-7-16(2)13/h3-5,12H,6-7H2,1-2H3,(H,10,11). The van der Waals surface area contributed by atoms with Crippen LogP contribution in [-0.4, -0.2) is 43.2 Å². The van der Waals surface area contributed by atoms with Crippen LogP contribution in [-0.2, 0) is 20.8 Å². The van der Waals surface area contributed by atoms with Gasteiger partial charge in [0.25, 0.3) is 0 Å². The first kappa shape index (κ1) is 14.1. The predicted octanol–water partition coefficient (Wildman–Crippen LogP) is -0.220. The highest BCUT2D eigenvalue weighted by atomic mass is 32.2. The largest absolute Gasteiger partial charge is 0.372 e. The van der Waals surface area contributed by atoms with Crippen LogP contribution in [0.15, 0.2) is 23.2 Å². The second kappa shape index (κ2) is 6.08. The first-order valence-corrected chi connectivity index (χ1v) is 8.11. The van der Waals surface area contributed by atoms with Crippen LogP contribution in [0.5, 0.6) is 0 Å². The molecule has 0 aliphatic heterocycles. The van der Waals surface area contributed by atoms with E-state index < -0.39 is 20.8 Å². The Kier molecular flexibility index (Phi) is 5.03. The van der Waals surface area contributed by atoms with E-state index in [-0.39, 0.29) is 23.0 Å². The number of hydrogen-bond acceptors (Lipinski definition) is 5. The van der Waals surface area contributed by atoms with Gasteiger partial charge in [0.15, 0.2) is 0 Å². The molecule has 0 radical (unpaired) electrons. The zero-order valence-corrected chi connectivity index (χ0v) is 11.3. The summed E-state index contributed by atoms with van der Waals surface area (Å²) >= 11 is 0. The van der Waals surface area contributed by atoms with Crippen LogP contribution >= 0.6 is 0 Å². The van der Waals surface area contributed by atoms with Crippen molar-refractivity contribution in [2.24, 2.45) is 0 Å². The van der Waals surface area contributed by atoms with E-state index in [2.05, 4.69) is 15.0 Å². The van der Waals surface area contributed by atoms with Crippen molar-refractivity contribution in [3.05, 3.63) is 18.3 Å². The Bertz CT molecular complexity index is 502. The number of aromatic nitrogens is 1. The molecule has 1 aromatic heterocycles. The highest BCUT2D eigenvalue weighted by Crippen LogP contribution is 2.16. The molecule has 17 heavy (non-hydrogen) atoms. The molecule has 0 saturated carbocycles. The molecule has 0 aliphatic rings. The van der Waals surface area contributed by atoms with Crippen molar-refractivity contribution in [2.75, 3.05) is 30.9 Å². The molecule has 0 aromatic carbocycles. The van der Waals surface area contributed by atoms with Gasteiger partial charge in [-0.3, -0.25) is 4.21 Å². The van der Waals surface area contributed by atoms with Crippen molar-refractivity contribution in [3.63, 3.8) is 0 Å². The lowest BCUT2D eigenvalue weighted by atomic mass is 10.5. The van der Waals surface area contributed by atoms with Gasteiger partial charge in [-0.05, 0) is 12.1 Å². The SMILES string of the molecule is CNc1ncccc1S(=O)(=O)NCCS(C)=O. The van der Waals surface area contributed by atoms with E-state index >= 15 is 0 Å². The highest BCUT2D eigenvalue weighted by molar-refractivity contribution is 7.89. The van der Waals surface area contributed by atoms with Crippen LogP contribution in [0.2, 0.25) is 0 Å². The fourth-order valence-electron chi connectivity index (χ4n) is 1.19. The van der Waals surface area contributed by atoms with E-state index in [1.165, 1.54) is 18.5 Å². The summed E-state index contributed by atoms with van der Waals surface area (Å²) in [5, 5.41) is 2.71. The molecular formula is C9H15N3O3S2. The van der Waals surface area contributed by atoms with Gasteiger partial charge < -0.3 is 5.32 Å². The molecular weight excluding hydrogens is 262 g/mol. The average Bonchev–Trinajstić information content (AvgIpc) is 2.28. The summed E-state index contributed by atoms with van der Waals surface area (Å²) in [6.45, 7) is 0.142. The van der Waals surface area contributed by atoms with Gasteiger partial charge in [-0.25, -0.2) is 18.1 Å². The number of rotatable bonds is 6. The normalized spacial score (nSPS) is 13.3. The van der Waals surface area contributed by atoms with Crippen LogP contribution < -0.4 is 10.0 Å². The first-order valence-electron chi connectivity index (χ1n) is 4.90. The van der Waals surface area contributed by atoms with E-state index in [9.17, 15) is 12.6 Å². The Morgan fingerprint density at radius 1 is 1.47 bits per heavy atom. The number of hydrogen-bond donors (Lipinski definition) is 2. The zero-order valence-electron chi connectivity index (χ0n) is 9.63. The van der Waals surface area contributed by atoms with Gasteiger partial charge in [-0.15, -0.1) is 0 Å². The Hall–Kier alpha value is -0.990. The van der Waals surface area contributed by atoms with E-state index in [1.807, 2.05) is 0 Å². The van der Waals surface area contributed by atoms with Crippen molar-refractivity contribution in [2.45, 2.75) is 4.90 Å². The second-order valence-electron chi connectivity index (χ2n) is 3.28. The number of pyridine rings is 1. The summed E-state index contributed by atoms with van der Waals surface area (Å²) in [6, 6.07) is 3.01. The van der Waals surface area contributed by atoms with Crippen LogP contribution in [0.1, 0.15) is 0 Å². The van der Waals surface area contributed by atoms with Crippen molar-refractivity contribution in [1.82, 2.24) is 9.71 Å². The van der Waals surface area contributed by atoms with E-state index in [0.29, 0.717) is 0 Å². The minimum atomic E-state index is -3.61. The lowest BCUT2D eigenvalue weighted by molar-refractivity contribution is 0.584. The zero-order chi connectivity index (χ0) is 12.9. The number of nitrogens with one attached hydrogen (secondary N) is 2. The Balaban J connectivity index is 2.86. The van der Waals surface area contributed by atoms with Gasteiger partial charge in [-0.1, -0.05) is 0 Å². The average molecular weight is 277 g/mol. The molecule has 1 unspecified atom stereocenters. The summed E-state index contributed by atoms with van der Waals surface area (Å²) in [6.07, 6.45) is 3.03. The van der Waals surface area contributed by atoms with Gasteiger partial charge in [0.1, 0.15) is 10.7 Å². The monoisotopic (exact) mass is 277 g/mol. The molecule has 8 heteroatoms. The van der Waals surface area contributed by atoms with E-state index in [1.54, 1.807) is 13.1 Å². The summed E-state index contributed by atoms with van der Waals surface area (Å²) in [5.41, 5.74) is 0. The lowest BCUT2D eigenvalue weighted by Gasteiger charge is -2.09. The molecule has 1 heterocycles. The van der Waals surface area contributed by atoms with Gasteiger partial charge in [0.05, 0.1) is 0 Å². The molecule has 1 aromatic rings. The Morgan fingerprint density at radius 3 is 2.76 bits per heavy atom. The summed E-state index contributed by atoms with van der Waals surface area (Å²) < 4.78 is 37.0. The van der Waals surface area contributed by atoms with Gasteiger partial charge in [0.2, 0.25) is 10.0 Å². The minimum Gasteiger partial charge on any atom is -0.372 e. The highest BCUT2D eigenvalue weighted by Gasteiger charge is 2.18. The van der Waals surface area contributed by atoms with Crippen LogP contribution in [0, 0.1) is 0 Å². The van der Waals surface area contributed by atoms with E-state index in [0.717, 1.165) is 0 Å². The molecule has 0 bridgehead atoms. The van der Waals surface area contributed by atoms with Gasteiger partial charge >= 0.3 is 0 Å². The minimum absolute atomic E-state index is 0.0874. The quantitative estimate of drug-likeness (QED) is 0.750. The third-order valence-corrected chi connectivity index (χ3v) is 4.25. The summed E-state index contributed by atoms with van der Waals surface area (Å²) in [5.74, 6) is 0.576. The maximum absolute atomic E-state index is 11.9. The molecule has 2 N–H and O–H groups in total. The summed E-state index contributed by atoms with van der Waals surface area (Å²) in [7, 11) is -3.03. The fraction of sp³-hybridized carbons (Fsp3) is 0.444. The van der Waals surface area contributed by atoms with Crippen LogP contribution in [0.4, 0.5) is 5.82 Å². The van der Waals surface area contributed by atoms with Crippen molar-refractivity contribution in [3.8, 4) is 0 Å². The molecule has 0 saturated heterocycles. The molecule has 1 rings (SSSR count). The molecule has 0 aliphatic carbocycles. The lowest BCUT2D eigenvalue weighted by Crippen LogP contribution is -2.28. The third-order valence-electron chi connectivity index (χ3n) is 1.98. The van der Waals surface area contributed by atoms with Crippen molar-refractivity contribution in [1.29, 1.82) is 0 Å². The van der Waals surface area contributed by atoms with E-state index in [4.69, 9.17) is 0 Å². The Labute approximate surface area is 103 Å². The molecule has 0 fully saturated rings. The fourth-order valence-corrected chi connectivity index (χ4v) is 2.90. The van der Waals surface area contributed by atoms with Crippen LogP contribution in [0.25, 0.3) is 0 Å². The van der Waals surface area contributed by atoms with Crippen molar-refractivity contribution < 1.29 is 12.6 Å². The predicted molar refractivity (Wildman–Crippen MR) is 67.9 cm³/mol. The summed E-state index contributed by atoms with van der Waals surface area (Å²) in [4.78, 5) is 4.00. The number of sulfonamides is 1. The first-order chi connectivity index (χ1) is 7.97. The molecule has 0 spiro atoms. The van der Waals surface area contributed by atoms with Crippen molar-refractivity contribution >= 4 is 26.6 Å². The Morgan fingerprint density at radius 2 is 2.18 bits per heavy atom. The second-order valence-corrected chi connectivity index (χ2v) is 6.57.